The molecule has 1 N–H and O–H groups in total. The molecular formula is C26H28F2N4O2. The van der Waals surface area contributed by atoms with Crippen LogP contribution in [0.4, 0.5) is 19.3 Å². The molecule has 2 heterocycles. The third-order valence-electron chi connectivity index (χ3n) is 7.07. The van der Waals surface area contributed by atoms with E-state index in [9.17, 15) is 18.4 Å². The van der Waals surface area contributed by atoms with E-state index in [0.29, 0.717) is 30.8 Å². The fraction of sp³-hybridized carbons (Fsp3) is 0.423. The molecule has 3 fully saturated rings. The normalized spacial score (nSPS) is 24.6. The Morgan fingerprint density at radius 1 is 1.00 bits per heavy atom. The van der Waals surface area contributed by atoms with Gasteiger partial charge >= 0.3 is 6.03 Å². The first-order chi connectivity index (χ1) is 16.5. The first-order valence-corrected chi connectivity index (χ1v) is 12.0. The molecule has 34 heavy (non-hydrogen) atoms. The lowest BCUT2D eigenvalue weighted by molar-refractivity contribution is 0.0686. The third kappa shape index (κ3) is 4.17. The molecule has 1 aliphatic carbocycles. The zero-order chi connectivity index (χ0) is 23.7. The van der Waals surface area contributed by atoms with Gasteiger partial charge in [-0.2, -0.15) is 0 Å². The first-order valence-electron chi connectivity index (χ1n) is 12.0. The van der Waals surface area contributed by atoms with Crippen LogP contribution in [0.15, 0.2) is 53.5 Å². The van der Waals surface area contributed by atoms with Crippen LogP contribution in [0.1, 0.15) is 55.3 Å². The van der Waals surface area contributed by atoms with E-state index in [0.717, 1.165) is 43.9 Å². The molecule has 178 valence electrons. The number of carbonyl (C=O) groups is 2. The van der Waals surface area contributed by atoms with Crippen molar-refractivity contribution in [2.24, 2.45) is 4.99 Å². The van der Waals surface area contributed by atoms with E-state index in [-0.39, 0.29) is 24.2 Å². The number of nitrogens with one attached hydrogen (secondary N) is 1. The van der Waals surface area contributed by atoms with Crippen molar-refractivity contribution in [2.45, 2.75) is 56.5 Å². The molecule has 1 atom stereocenters. The molecule has 0 aromatic heterocycles. The highest BCUT2D eigenvalue weighted by Crippen LogP contribution is 2.38. The highest BCUT2D eigenvalue weighted by Gasteiger charge is 2.54. The van der Waals surface area contributed by atoms with Crippen molar-refractivity contribution in [3.05, 3.63) is 65.7 Å². The number of anilines is 1. The van der Waals surface area contributed by atoms with Crippen LogP contribution in [0.5, 0.6) is 0 Å². The zero-order valence-corrected chi connectivity index (χ0v) is 19.0. The molecule has 1 saturated carbocycles. The average Bonchev–Trinajstić information content (AvgIpc) is 3.09. The van der Waals surface area contributed by atoms with E-state index >= 15 is 0 Å². The number of carbonyl (C=O) groups excluding carboxylic acids is 2. The number of likely N-dealkylation sites (tertiary alicyclic amines) is 1. The van der Waals surface area contributed by atoms with Gasteiger partial charge in [0.05, 0.1) is 18.3 Å². The number of hydrogen-bond donors (Lipinski definition) is 1. The summed E-state index contributed by atoms with van der Waals surface area (Å²) >= 11 is 0. The number of aliphatic imine (C=N–C) groups is 1. The summed E-state index contributed by atoms with van der Waals surface area (Å²) in [6, 6.07) is 11.7. The maximum absolute atomic E-state index is 14.2. The van der Waals surface area contributed by atoms with Crippen molar-refractivity contribution >= 4 is 23.5 Å². The number of urea groups is 1. The molecule has 3 amide bonds. The van der Waals surface area contributed by atoms with E-state index in [4.69, 9.17) is 4.99 Å². The topological polar surface area (TPSA) is 65.0 Å². The van der Waals surface area contributed by atoms with Crippen LogP contribution in [0.25, 0.3) is 0 Å². The number of hydrogen-bond acceptors (Lipinski definition) is 3. The van der Waals surface area contributed by atoms with Crippen LogP contribution in [-0.2, 0) is 0 Å². The highest BCUT2D eigenvalue weighted by molar-refractivity contribution is 6.19. The van der Waals surface area contributed by atoms with Crippen LogP contribution in [0, 0.1) is 11.6 Å². The van der Waals surface area contributed by atoms with Gasteiger partial charge in [-0.3, -0.25) is 20.0 Å². The summed E-state index contributed by atoms with van der Waals surface area (Å²) in [4.78, 5) is 34.7. The Kier molecular flexibility index (Phi) is 6.06. The zero-order valence-electron chi connectivity index (χ0n) is 19.0. The second-order valence-corrected chi connectivity index (χ2v) is 9.39. The summed E-state index contributed by atoms with van der Waals surface area (Å²) in [5, 5.41) is 2.90. The summed E-state index contributed by atoms with van der Waals surface area (Å²) in [6.07, 6.45) is 6.39. The Bertz CT molecular complexity index is 1100. The minimum absolute atomic E-state index is 0.0883. The van der Waals surface area contributed by atoms with Gasteiger partial charge in [-0.05, 0) is 49.9 Å². The summed E-state index contributed by atoms with van der Waals surface area (Å²) in [7, 11) is 0. The van der Waals surface area contributed by atoms with Crippen molar-refractivity contribution in [2.75, 3.05) is 18.0 Å². The van der Waals surface area contributed by atoms with Gasteiger partial charge in [0.1, 0.15) is 23.0 Å². The summed E-state index contributed by atoms with van der Waals surface area (Å²) in [5.41, 5.74) is -0.318. The van der Waals surface area contributed by atoms with Crippen molar-refractivity contribution in [1.29, 1.82) is 0 Å². The first kappa shape index (κ1) is 22.5. The van der Waals surface area contributed by atoms with E-state index in [1.807, 2.05) is 18.2 Å². The lowest BCUT2D eigenvalue weighted by Gasteiger charge is -2.44. The molecule has 2 aromatic carbocycles. The maximum Gasteiger partial charge on any atom is 0.328 e. The maximum atomic E-state index is 14.2. The van der Waals surface area contributed by atoms with E-state index in [1.165, 1.54) is 11.3 Å². The predicted molar refractivity (Wildman–Crippen MR) is 126 cm³/mol. The predicted octanol–water partition coefficient (Wildman–Crippen LogP) is 4.90. The van der Waals surface area contributed by atoms with E-state index < -0.39 is 23.2 Å². The molecule has 0 radical (unpaired) electrons. The molecule has 6 nitrogen and oxygen atoms in total. The molecule has 0 bridgehead atoms. The lowest BCUT2D eigenvalue weighted by Crippen LogP contribution is -2.61. The fourth-order valence-electron chi connectivity index (χ4n) is 5.50. The van der Waals surface area contributed by atoms with Crippen molar-refractivity contribution in [3.8, 4) is 0 Å². The van der Waals surface area contributed by atoms with Gasteiger partial charge in [0.15, 0.2) is 0 Å². The quantitative estimate of drug-likeness (QED) is 0.699. The molecule has 1 spiro atoms. The van der Waals surface area contributed by atoms with Crippen LogP contribution >= 0.6 is 0 Å². The largest absolute Gasteiger partial charge is 0.336 e. The van der Waals surface area contributed by atoms with Crippen LogP contribution in [-0.4, -0.2) is 47.3 Å². The molecule has 3 aliphatic rings. The Labute approximate surface area is 197 Å². The number of piperidine rings is 1. The minimum atomic E-state index is -1.00. The molecule has 2 aliphatic heterocycles. The van der Waals surface area contributed by atoms with E-state index in [1.54, 1.807) is 17.0 Å². The Hall–Kier alpha value is -3.29. The SMILES string of the molecule is O=C(c1ccccc1)N1CCCC2(C1)C(=NC1CCCCC1)NC(=O)N2c1cc(F)cc(F)c1. The number of amidine groups is 1. The smallest absolute Gasteiger partial charge is 0.328 e. The molecule has 1 unspecified atom stereocenters. The number of nitrogens with zero attached hydrogens (tertiary/aromatic N) is 3. The Morgan fingerprint density at radius 2 is 1.71 bits per heavy atom. The second kappa shape index (κ2) is 9.16. The molecule has 5 rings (SSSR count). The van der Waals surface area contributed by atoms with Gasteiger partial charge in [-0.25, -0.2) is 13.6 Å². The van der Waals surface area contributed by atoms with Crippen molar-refractivity contribution in [3.63, 3.8) is 0 Å². The van der Waals surface area contributed by atoms with Gasteiger partial charge in [0, 0.05) is 18.2 Å². The second-order valence-electron chi connectivity index (χ2n) is 9.39. The fourth-order valence-corrected chi connectivity index (χ4v) is 5.50. The highest BCUT2D eigenvalue weighted by atomic mass is 19.1. The van der Waals surface area contributed by atoms with Crippen LogP contribution < -0.4 is 10.2 Å². The van der Waals surface area contributed by atoms with Crippen molar-refractivity contribution in [1.82, 2.24) is 10.2 Å². The van der Waals surface area contributed by atoms with Crippen molar-refractivity contribution < 1.29 is 18.4 Å². The monoisotopic (exact) mass is 466 g/mol. The van der Waals surface area contributed by atoms with Gasteiger partial charge in [-0.15, -0.1) is 0 Å². The summed E-state index contributed by atoms with van der Waals surface area (Å²) in [6.45, 7) is 0.731. The number of rotatable bonds is 3. The van der Waals surface area contributed by atoms with Gasteiger partial charge in [-0.1, -0.05) is 37.5 Å². The molecular weight excluding hydrogens is 438 g/mol. The number of halogens is 2. The van der Waals surface area contributed by atoms with Gasteiger partial charge < -0.3 is 4.90 Å². The van der Waals surface area contributed by atoms with Gasteiger partial charge in [0.25, 0.3) is 5.91 Å². The Balaban J connectivity index is 1.56. The lowest BCUT2D eigenvalue weighted by atomic mass is 9.85. The van der Waals surface area contributed by atoms with Crippen LogP contribution in [0.2, 0.25) is 0 Å². The average molecular weight is 467 g/mol. The number of amides is 3. The van der Waals surface area contributed by atoms with Gasteiger partial charge in [0.2, 0.25) is 0 Å². The molecule has 8 heteroatoms. The standard InChI is InChI=1S/C26H28F2N4O2/c27-19-14-20(28)16-22(15-19)32-25(34)30-24(29-21-10-5-2-6-11-21)26(32)12-7-13-31(17-26)23(33)18-8-3-1-4-9-18/h1,3-4,8-9,14-16,21H,2,5-7,10-13,17H2,(H,29,30,34). The Morgan fingerprint density at radius 3 is 2.41 bits per heavy atom. The summed E-state index contributed by atoms with van der Waals surface area (Å²) in [5.74, 6) is -1.16. The number of benzene rings is 2. The van der Waals surface area contributed by atoms with E-state index in [2.05, 4.69) is 5.32 Å². The minimum Gasteiger partial charge on any atom is -0.336 e. The summed E-state index contributed by atoms with van der Waals surface area (Å²) < 4.78 is 28.3. The molecule has 2 aromatic rings. The third-order valence-corrected chi connectivity index (χ3v) is 7.07. The molecule has 2 saturated heterocycles. The van der Waals surface area contributed by atoms with Crippen LogP contribution in [0.3, 0.4) is 0 Å².